The molecule has 0 aliphatic carbocycles. The summed E-state index contributed by atoms with van der Waals surface area (Å²) in [6.45, 7) is 1.55. The number of carboxylic acids is 1. The van der Waals surface area contributed by atoms with Crippen molar-refractivity contribution in [1.29, 1.82) is 0 Å². The van der Waals surface area contributed by atoms with Crippen LogP contribution in [-0.2, 0) is 4.79 Å². The SMILES string of the molecule is Cc1ccc(OCC(=O)O)nc1. The molecule has 0 saturated heterocycles. The van der Waals surface area contributed by atoms with E-state index in [1.807, 2.05) is 13.0 Å². The Morgan fingerprint density at radius 3 is 2.92 bits per heavy atom. The maximum Gasteiger partial charge on any atom is 0.341 e. The molecule has 0 radical (unpaired) electrons. The van der Waals surface area contributed by atoms with Gasteiger partial charge >= 0.3 is 5.97 Å². The number of ether oxygens (including phenoxy) is 1. The minimum Gasteiger partial charge on any atom is -0.479 e. The highest BCUT2D eigenvalue weighted by Crippen LogP contribution is 2.05. The number of hydrogen-bond donors (Lipinski definition) is 1. The summed E-state index contributed by atoms with van der Waals surface area (Å²) in [5.74, 6) is -0.666. The smallest absolute Gasteiger partial charge is 0.341 e. The molecule has 0 fully saturated rings. The van der Waals surface area contributed by atoms with Gasteiger partial charge in [0.05, 0.1) is 0 Å². The molecule has 0 spiro atoms. The summed E-state index contributed by atoms with van der Waals surface area (Å²) >= 11 is 0. The Kier molecular flexibility index (Phi) is 2.63. The van der Waals surface area contributed by atoms with Crippen molar-refractivity contribution in [2.24, 2.45) is 0 Å². The predicted molar refractivity (Wildman–Crippen MR) is 42.1 cm³/mol. The van der Waals surface area contributed by atoms with E-state index in [1.54, 1.807) is 12.3 Å². The van der Waals surface area contributed by atoms with Crippen molar-refractivity contribution in [3.8, 4) is 5.88 Å². The number of rotatable bonds is 3. The molecular weight excluding hydrogens is 158 g/mol. The summed E-state index contributed by atoms with van der Waals surface area (Å²) in [7, 11) is 0. The highest BCUT2D eigenvalue weighted by Gasteiger charge is 1.98. The number of aliphatic carboxylic acids is 1. The third-order valence-corrected chi connectivity index (χ3v) is 1.23. The van der Waals surface area contributed by atoms with Gasteiger partial charge in [0, 0.05) is 12.3 Å². The molecule has 1 aromatic heterocycles. The molecule has 4 nitrogen and oxygen atoms in total. The van der Waals surface area contributed by atoms with Crippen molar-refractivity contribution in [3.05, 3.63) is 23.9 Å². The fourth-order valence-corrected chi connectivity index (χ4v) is 0.675. The third-order valence-electron chi connectivity index (χ3n) is 1.23. The van der Waals surface area contributed by atoms with Crippen LogP contribution in [0, 0.1) is 6.92 Å². The number of pyridine rings is 1. The molecule has 1 rings (SSSR count). The maximum atomic E-state index is 10.1. The van der Waals surface area contributed by atoms with Crippen LogP contribution in [0.15, 0.2) is 18.3 Å². The van der Waals surface area contributed by atoms with Gasteiger partial charge in [-0.25, -0.2) is 9.78 Å². The number of aryl methyl sites for hydroxylation is 1. The van der Waals surface area contributed by atoms with Crippen LogP contribution in [0.4, 0.5) is 0 Å². The topological polar surface area (TPSA) is 59.4 Å². The monoisotopic (exact) mass is 167 g/mol. The number of carbonyl (C=O) groups is 1. The standard InChI is InChI=1S/C8H9NO3/c1-6-2-3-7(9-4-6)12-5-8(10)11/h2-4H,5H2,1H3,(H,10,11). The number of carboxylic acid groups (broad SMARTS) is 1. The number of aromatic nitrogens is 1. The summed E-state index contributed by atoms with van der Waals surface area (Å²) in [5, 5.41) is 8.28. The van der Waals surface area contributed by atoms with E-state index >= 15 is 0 Å². The Hall–Kier alpha value is -1.58. The average Bonchev–Trinajstić information content (AvgIpc) is 2.03. The van der Waals surface area contributed by atoms with E-state index < -0.39 is 5.97 Å². The molecule has 0 bridgehead atoms. The Balaban J connectivity index is 2.53. The molecule has 1 heterocycles. The third kappa shape index (κ3) is 2.57. The molecular formula is C8H9NO3. The normalized spacial score (nSPS) is 9.42. The Morgan fingerprint density at radius 2 is 2.42 bits per heavy atom. The second kappa shape index (κ2) is 3.71. The molecule has 1 aromatic rings. The summed E-state index contributed by atoms with van der Waals surface area (Å²) in [5.41, 5.74) is 1.01. The Bertz CT molecular complexity index is 268. The fraction of sp³-hybridized carbons (Fsp3) is 0.250. The van der Waals surface area contributed by atoms with Crippen LogP contribution in [-0.4, -0.2) is 22.7 Å². The van der Waals surface area contributed by atoms with Crippen LogP contribution in [0.3, 0.4) is 0 Å². The van der Waals surface area contributed by atoms with Gasteiger partial charge in [0.15, 0.2) is 6.61 Å². The number of hydrogen-bond acceptors (Lipinski definition) is 3. The van der Waals surface area contributed by atoms with Gasteiger partial charge in [0.2, 0.25) is 5.88 Å². The average molecular weight is 167 g/mol. The second-order valence-electron chi connectivity index (χ2n) is 2.36. The quantitative estimate of drug-likeness (QED) is 0.725. The molecule has 0 aromatic carbocycles. The molecule has 0 aliphatic rings. The van der Waals surface area contributed by atoms with E-state index in [2.05, 4.69) is 4.98 Å². The van der Waals surface area contributed by atoms with E-state index in [1.165, 1.54) is 0 Å². The maximum absolute atomic E-state index is 10.1. The van der Waals surface area contributed by atoms with Crippen LogP contribution in [0.1, 0.15) is 5.56 Å². The van der Waals surface area contributed by atoms with Gasteiger partial charge in [-0.15, -0.1) is 0 Å². The van der Waals surface area contributed by atoms with Crippen LogP contribution in [0.25, 0.3) is 0 Å². The highest BCUT2D eigenvalue weighted by atomic mass is 16.5. The largest absolute Gasteiger partial charge is 0.479 e. The number of nitrogens with zero attached hydrogens (tertiary/aromatic N) is 1. The van der Waals surface area contributed by atoms with Crippen molar-refractivity contribution in [2.45, 2.75) is 6.92 Å². The van der Waals surface area contributed by atoms with E-state index in [9.17, 15) is 4.79 Å². The van der Waals surface area contributed by atoms with Crippen LogP contribution in [0.5, 0.6) is 5.88 Å². The molecule has 0 aliphatic heterocycles. The van der Waals surface area contributed by atoms with Gasteiger partial charge in [0.25, 0.3) is 0 Å². The zero-order chi connectivity index (χ0) is 8.97. The zero-order valence-corrected chi connectivity index (χ0v) is 6.65. The summed E-state index contributed by atoms with van der Waals surface area (Å²) in [6.07, 6.45) is 1.62. The van der Waals surface area contributed by atoms with Gasteiger partial charge in [-0.1, -0.05) is 6.07 Å². The molecule has 64 valence electrons. The molecule has 1 N–H and O–H groups in total. The molecule has 12 heavy (non-hydrogen) atoms. The first kappa shape index (κ1) is 8.52. The van der Waals surface area contributed by atoms with Gasteiger partial charge in [-0.3, -0.25) is 0 Å². The van der Waals surface area contributed by atoms with E-state index in [-0.39, 0.29) is 6.61 Å². The summed E-state index contributed by atoms with van der Waals surface area (Å²) < 4.78 is 4.81. The van der Waals surface area contributed by atoms with Crippen LogP contribution < -0.4 is 4.74 Å². The first-order valence-corrected chi connectivity index (χ1v) is 3.46. The summed E-state index contributed by atoms with van der Waals surface area (Å²) in [4.78, 5) is 14.0. The Morgan fingerprint density at radius 1 is 1.67 bits per heavy atom. The highest BCUT2D eigenvalue weighted by molar-refractivity contribution is 5.68. The predicted octanol–water partition coefficient (Wildman–Crippen LogP) is 0.853. The van der Waals surface area contributed by atoms with Crippen LogP contribution >= 0.6 is 0 Å². The first-order chi connectivity index (χ1) is 5.68. The first-order valence-electron chi connectivity index (χ1n) is 3.46. The van der Waals surface area contributed by atoms with Crippen molar-refractivity contribution in [1.82, 2.24) is 4.98 Å². The molecule has 4 heteroatoms. The Labute approximate surface area is 69.8 Å². The van der Waals surface area contributed by atoms with Crippen molar-refractivity contribution in [3.63, 3.8) is 0 Å². The lowest BCUT2D eigenvalue weighted by Crippen LogP contribution is -2.09. The lowest BCUT2D eigenvalue weighted by molar-refractivity contribution is -0.139. The van der Waals surface area contributed by atoms with Crippen molar-refractivity contribution < 1.29 is 14.6 Å². The summed E-state index contributed by atoms with van der Waals surface area (Å²) in [6, 6.07) is 3.45. The fourth-order valence-electron chi connectivity index (χ4n) is 0.675. The molecule has 0 amide bonds. The van der Waals surface area contributed by atoms with Gasteiger partial charge in [-0.2, -0.15) is 0 Å². The second-order valence-corrected chi connectivity index (χ2v) is 2.36. The van der Waals surface area contributed by atoms with Gasteiger partial charge in [-0.05, 0) is 12.5 Å². The van der Waals surface area contributed by atoms with E-state index in [0.29, 0.717) is 5.88 Å². The molecule has 0 unspecified atom stereocenters. The molecule has 0 atom stereocenters. The van der Waals surface area contributed by atoms with E-state index in [4.69, 9.17) is 9.84 Å². The van der Waals surface area contributed by atoms with Gasteiger partial charge in [0.1, 0.15) is 0 Å². The lowest BCUT2D eigenvalue weighted by Gasteiger charge is -2.00. The van der Waals surface area contributed by atoms with E-state index in [0.717, 1.165) is 5.56 Å². The lowest BCUT2D eigenvalue weighted by atomic mass is 10.3. The van der Waals surface area contributed by atoms with Crippen molar-refractivity contribution >= 4 is 5.97 Å². The van der Waals surface area contributed by atoms with Crippen LogP contribution in [0.2, 0.25) is 0 Å². The minimum absolute atomic E-state index is 0.336. The van der Waals surface area contributed by atoms with Gasteiger partial charge < -0.3 is 9.84 Å². The molecule has 0 saturated carbocycles. The minimum atomic E-state index is -1.00. The zero-order valence-electron chi connectivity index (χ0n) is 6.65. The van der Waals surface area contributed by atoms with Crippen molar-refractivity contribution in [2.75, 3.05) is 6.61 Å².